The van der Waals surface area contributed by atoms with Crippen LogP contribution < -0.4 is 0 Å². The summed E-state index contributed by atoms with van der Waals surface area (Å²) in [5, 5.41) is 0. The predicted molar refractivity (Wildman–Crippen MR) is 52.9 cm³/mol. The van der Waals surface area contributed by atoms with Crippen LogP contribution in [-0.4, -0.2) is 0 Å². The summed E-state index contributed by atoms with van der Waals surface area (Å²) in [7, 11) is 0. The van der Waals surface area contributed by atoms with Gasteiger partial charge in [0.25, 0.3) is 12.2 Å². The molecule has 0 nitrogen and oxygen atoms in total. The molecule has 0 aromatic carbocycles. The lowest BCUT2D eigenvalue weighted by Crippen LogP contribution is -2.15. The molecule has 3 aliphatic rings. The van der Waals surface area contributed by atoms with Gasteiger partial charge in [-0.2, -0.15) is 17.6 Å². The Bertz CT molecular complexity index is 402. The molecule has 16 heavy (non-hydrogen) atoms. The fraction of sp³-hybridized carbons (Fsp3) is 0.167. The molecule has 84 valence electrons. The van der Waals surface area contributed by atoms with Crippen LogP contribution in [0, 0.1) is 11.8 Å². The van der Waals surface area contributed by atoms with Crippen molar-refractivity contribution in [3.63, 3.8) is 0 Å². The van der Waals surface area contributed by atoms with Crippen LogP contribution >= 0.6 is 0 Å². The molecule has 0 saturated carbocycles. The van der Waals surface area contributed by atoms with Crippen molar-refractivity contribution >= 4 is 0 Å². The smallest absolute Gasteiger partial charge is 0.173 e. The second kappa shape index (κ2) is 4.12. The van der Waals surface area contributed by atoms with Gasteiger partial charge >= 0.3 is 0 Å². The Morgan fingerprint density at radius 2 is 1.06 bits per heavy atom. The van der Waals surface area contributed by atoms with E-state index in [1.807, 2.05) is 0 Å². The van der Waals surface area contributed by atoms with Crippen molar-refractivity contribution in [2.75, 3.05) is 0 Å². The Morgan fingerprint density at radius 1 is 0.688 bits per heavy atom. The van der Waals surface area contributed by atoms with E-state index in [1.54, 1.807) is 12.2 Å². The molecular formula is C12H8F4. The minimum Gasteiger partial charge on any atom is -0.173 e. The van der Waals surface area contributed by atoms with Gasteiger partial charge in [-0.05, 0) is 0 Å². The van der Waals surface area contributed by atoms with E-state index in [0.717, 1.165) is 0 Å². The first kappa shape index (κ1) is 10.9. The van der Waals surface area contributed by atoms with E-state index in [-0.39, 0.29) is 0 Å². The molecule has 2 atom stereocenters. The zero-order chi connectivity index (χ0) is 11.7. The van der Waals surface area contributed by atoms with Crippen molar-refractivity contribution < 1.29 is 17.6 Å². The van der Waals surface area contributed by atoms with Crippen molar-refractivity contribution in [3.8, 4) is 0 Å². The number of halogens is 4. The molecule has 3 aliphatic carbocycles. The maximum absolute atomic E-state index is 12.7. The molecule has 2 bridgehead atoms. The van der Waals surface area contributed by atoms with Gasteiger partial charge in [-0.15, -0.1) is 0 Å². The van der Waals surface area contributed by atoms with Crippen LogP contribution in [0.4, 0.5) is 17.6 Å². The summed E-state index contributed by atoms with van der Waals surface area (Å²) in [6.07, 6.45) is 5.09. The highest BCUT2D eigenvalue weighted by Gasteiger charge is 2.31. The molecule has 0 aliphatic heterocycles. The number of hydrogen-bond donors (Lipinski definition) is 0. The molecule has 0 aromatic heterocycles. The summed E-state index contributed by atoms with van der Waals surface area (Å²) in [6, 6.07) is 0. The van der Waals surface area contributed by atoms with Crippen LogP contribution in [0.3, 0.4) is 0 Å². The lowest BCUT2D eigenvalue weighted by Gasteiger charge is -2.25. The fourth-order valence-electron chi connectivity index (χ4n) is 1.94. The van der Waals surface area contributed by atoms with Crippen LogP contribution in [-0.2, 0) is 0 Å². The molecule has 0 N–H and O–H groups in total. The van der Waals surface area contributed by atoms with Crippen molar-refractivity contribution in [1.82, 2.24) is 0 Å². The number of rotatable bonds is 0. The van der Waals surface area contributed by atoms with Crippen molar-refractivity contribution in [3.05, 3.63) is 59.8 Å². The van der Waals surface area contributed by atoms with Gasteiger partial charge < -0.3 is 0 Å². The van der Waals surface area contributed by atoms with E-state index in [1.165, 1.54) is 24.3 Å². The topological polar surface area (TPSA) is 0 Å². The Kier molecular flexibility index (Phi) is 2.81. The summed E-state index contributed by atoms with van der Waals surface area (Å²) < 4.78 is 50.9. The van der Waals surface area contributed by atoms with Gasteiger partial charge in [0, 0.05) is 23.0 Å². The largest absolute Gasteiger partial charge is 0.274 e. The van der Waals surface area contributed by atoms with Gasteiger partial charge in [-0.1, -0.05) is 36.5 Å². The van der Waals surface area contributed by atoms with Gasteiger partial charge in [0.2, 0.25) is 0 Å². The molecule has 0 spiro atoms. The zero-order valence-corrected chi connectivity index (χ0v) is 8.13. The minimum atomic E-state index is -2.04. The maximum atomic E-state index is 12.7. The first-order valence-corrected chi connectivity index (χ1v) is 4.75. The quantitative estimate of drug-likeness (QED) is 0.430. The summed E-state index contributed by atoms with van der Waals surface area (Å²) >= 11 is 0. The van der Waals surface area contributed by atoms with E-state index >= 15 is 0 Å². The molecule has 0 heterocycles. The summed E-state index contributed by atoms with van der Waals surface area (Å²) in [4.78, 5) is 0. The molecule has 0 saturated heterocycles. The molecular weight excluding hydrogens is 220 g/mol. The standard InChI is InChI=1S/C12H8F4/c13-11(14)9-7-3-1-2-4-8(6-5-7)10(9)12(15)16/h1-8H/b3-1-,4-2-. The van der Waals surface area contributed by atoms with E-state index in [9.17, 15) is 17.6 Å². The van der Waals surface area contributed by atoms with Crippen LogP contribution in [0.1, 0.15) is 0 Å². The molecule has 2 unspecified atom stereocenters. The van der Waals surface area contributed by atoms with Gasteiger partial charge in [-0.25, -0.2) is 0 Å². The molecule has 0 aromatic rings. The van der Waals surface area contributed by atoms with Crippen LogP contribution in [0.15, 0.2) is 59.8 Å². The Morgan fingerprint density at radius 3 is 1.38 bits per heavy atom. The highest BCUT2D eigenvalue weighted by molar-refractivity contribution is 5.49. The molecule has 4 heteroatoms. The molecule has 0 fully saturated rings. The maximum Gasteiger partial charge on any atom is 0.274 e. The van der Waals surface area contributed by atoms with Crippen LogP contribution in [0.5, 0.6) is 0 Å². The van der Waals surface area contributed by atoms with E-state index in [4.69, 9.17) is 0 Å². The monoisotopic (exact) mass is 228 g/mol. The van der Waals surface area contributed by atoms with Crippen LogP contribution in [0.2, 0.25) is 0 Å². The average Bonchev–Trinajstić information content (AvgIpc) is 2.16. The molecule has 3 rings (SSSR count). The predicted octanol–water partition coefficient (Wildman–Crippen LogP) is 4.22. The van der Waals surface area contributed by atoms with Gasteiger partial charge in [-0.3, -0.25) is 0 Å². The van der Waals surface area contributed by atoms with E-state index < -0.39 is 35.1 Å². The fourth-order valence-corrected chi connectivity index (χ4v) is 1.94. The lowest BCUT2D eigenvalue weighted by molar-refractivity contribution is 0.384. The summed E-state index contributed by atoms with van der Waals surface area (Å²) in [6.45, 7) is 0. The third-order valence-electron chi connectivity index (χ3n) is 2.64. The van der Waals surface area contributed by atoms with E-state index in [2.05, 4.69) is 0 Å². The normalized spacial score (nSPS) is 31.0. The second-order valence-corrected chi connectivity index (χ2v) is 3.55. The van der Waals surface area contributed by atoms with Crippen molar-refractivity contribution in [2.24, 2.45) is 11.8 Å². The SMILES string of the molecule is FC(F)=C1C(=C(F)F)C2C=CC1/C=C\C=C/2. The average molecular weight is 228 g/mol. The van der Waals surface area contributed by atoms with Gasteiger partial charge in [0.15, 0.2) is 0 Å². The number of allylic oxidation sites excluding steroid dienone is 8. The third kappa shape index (κ3) is 1.75. The van der Waals surface area contributed by atoms with E-state index in [0.29, 0.717) is 0 Å². The van der Waals surface area contributed by atoms with Crippen molar-refractivity contribution in [2.45, 2.75) is 0 Å². The minimum absolute atomic E-state index is 0.562. The molecule has 0 amide bonds. The Hall–Kier alpha value is -1.58. The summed E-state index contributed by atoms with van der Waals surface area (Å²) in [5.74, 6) is -1.52. The summed E-state index contributed by atoms with van der Waals surface area (Å²) in [5.41, 5.74) is -1.12. The first-order chi connectivity index (χ1) is 7.61. The zero-order valence-electron chi connectivity index (χ0n) is 8.13. The van der Waals surface area contributed by atoms with Gasteiger partial charge in [0.05, 0.1) is 0 Å². The highest BCUT2D eigenvalue weighted by Crippen LogP contribution is 2.41. The third-order valence-corrected chi connectivity index (χ3v) is 2.64. The Labute approximate surface area is 90.0 Å². The van der Waals surface area contributed by atoms with Crippen LogP contribution in [0.25, 0.3) is 0 Å². The van der Waals surface area contributed by atoms with Gasteiger partial charge in [0.1, 0.15) is 0 Å². The number of hydrogen-bond acceptors (Lipinski definition) is 0. The lowest BCUT2D eigenvalue weighted by atomic mass is 9.78. The second-order valence-electron chi connectivity index (χ2n) is 3.55. The number of fused-ring (bicyclic) bond motifs is 2. The van der Waals surface area contributed by atoms with Crippen molar-refractivity contribution in [1.29, 1.82) is 0 Å². The highest BCUT2D eigenvalue weighted by atomic mass is 19.3. The first-order valence-electron chi connectivity index (χ1n) is 4.75. The Balaban J connectivity index is 2.67. The molecule has 0 radical (unpaired) electrons.